The minimum atomic E-state index is -3.48. The molecule has 5 nitrogen and oxygen atoms in total. The van der Waals surface area contributed by atoms with Crippen molar-refractivity contribution in [2.24, 2.45) is 0 Å². The number of piperazine rings is 1. The Bertz CT molecular complexity index is 907. The summed E-state index contributed by atoms with van der Waals surface area (Å²) in [7, 11) is -3.48. The summed E-state index contributed by atoms with van der Waals surface area (Å²) in [5.74, 6) is 0.371. The molecular formula is C20H23N3O2S. The first-order valence-electron chi connectivity index (χ1n) is 8.77. The first-order valence-corrected chi connectivity index (χ1v) is 10.2. The molecule has 2 aromatic rings. The number of benzene rings is 2. The van der Waals surface area contributed by atoms with E-state index in [9.17, 15) is 13.7 Å². The predicted molar refractivity (Wildman–Crippen MR) is 103 cm³/mol. The zero-order valence-corrected chi connectivity index (χ0v) is 15.9. The zero-order chi connectivity index (χ0) is 18.7. The fraction of sp³-hybridized carbons (Fsp3) is 0.350. The average molecular weight is 369 g/mol. The Morgan fingerprint density at radius 1 is 0.962 bits per heavy atom. The van der Waals surface area contributed by atoms with Crippen molar-refractivity contribution in [2.75, 3.05) is 31.1 Å². The van der Waals surface area contributed by atoms with Crippen LogP contribution in [-0.4, -0.2) is 38.9 Å². The van der Waals surface area contributed by atoms with Crippen LogP contribution in [0.25, 0.3) is 0 Å². The molecule has 3 rings (SSSR count). The van der Waals surface area contributed by atoms with Crippen molar-refractivity contribution in [1.82, 2.24) is 4.31 Å². The number of para-hydroxylation sites is 1. The highest BCUT2D eigenvalue weighted by Gasteiger charge is 2.29. The molecule has 26 heavy (non-hydrogen) atoms. The second-order valence-electron chi connectivity index (χ2n) is 6.74. The van der Waals surface area contributed by atoms with Crippen molar-refractivity contribution in [1.29, 1.82) is 5.26 Å². The van der Waals surface area contributed by atoms with Gasteiger partial charge >= 0.3 is 0 Å². The lowest BCUT2D eigenvalue weighted by Crippen LogP contribution is -2.48. The van der Waals surface area contributed by atoms with Crippen molar-refractivity contribution < 1.29 is 8.42 Å². The number of hydrogen-bond acceptors (Lipinski definition) is 4. The highest BCUT2D eigenvalue weighted by molar-refractivity contribution is 7.89. The van der Waals surface area contributed by atoms with Crippen LogP contribution in [0, 0.1) is 11.3 Å². The molecular weight excluding hydrogens is 346 g/mol. The highest BCUT2D eigenvalue weighted by atomic mass is 32.2. The summed E-state index contributed by atoms with van der Waals surface area (Å²) in [6.45, 7) is 6.13. The molecule has 0 N–H and O–H groups in total. The molecule has 0 aromatic heterocycles. The van der Waals surface area contributed by atoms with Crippen LogP contribution in [0.15, 0.2) is 53.4 Å². The second kappa shape index (κ2) is 7.48. The van der Waals surface area contributed by atoms with Gasteiger partial charge in [0.2, 0.25) is 10.0 Å². The number of rotatable bonds is 4. The molecule has 0 spiro atoms. The quantitative estimate of drug-likeness (QED) is 0.830. The molecule has 0 aliphatic carbocycles. The smallest absolute Gasteiger partial charge is 0.243 e. The van der Waals surface area contributed by atoms with E-state index in [-0.39, 0.29) is 0 Å². The van der Waals surface area contributed by atoms with E-state index < -0.39 is 10.0 Å². The van der Waals surface area contributed by atoms with Gasteiger partial charge in [-0.05, 0) is 35.7 Å². The van der Waals surface area contributed by atoms with Crippen molar-refractivity contribution in [3.05, 3.63) is 59.7 Å². The maximum absolute atomic E-state index is 12.9. The lowest BCUT2D eigenvalue weighted by molar-refractivity contribution is 0.385. The number of nitrogens with zero attached hydrogens (tertiary/aromatic N) is 3. The standard InChI is InChI=1S/C20H23N3O2S/c1-16(2)17-7-9-19(10-8-17)26(24,25)23-13-11-22(12-14-23)20-6-4-3-5-18(20)15-21/h3-10,16H,11-14H2,1-2H3. The molecule has 0 amide bonds. The van der Waals surface area contributed by atoms with Crippen LogP contribution in [0.2, 0.25) is 0 Å². The molecule has 1 saturated heterocycles. The van der Waals surface area contributed by atoms with E-state index in [2.05, 4.69) is 24.8 Å². The molecule has 1 aliphatic rings. The highest BCUT2D eigenvalue weighted by Crippen LogP contribution is 2.24. The van der Waals surface area contributed by atoms with Gasteiger partial charge in [-0.15, -0.1) is 0 Å². The van der Waals surface area contributed by atoms with E-state index >= 15 is 0 Å². The second-order valence-corrected chi connectivity index (χ2v) is 8.68. The van der Waals surface area contributed by atoms with E-state index in [4.69, 9.17) is 0 Å². The molecule has 1 heterocycles. The number of hydrogen-bond donors (Lipinski definition) is 0. The summed E-state index contributed by atoms with van der Waals surface area (Å²) in [6.07, 6.45) is 0. The monoisotopic (exact) mass is 369 g/mol. The fourth-order valence-electron chi connectivity index (χ4n) is 3.19. The minimum Gasteiger partial charge on any atom is -0.368 e. The lowest BCUT2D eigenvalue weighted by Gasteiger charge is -2.35. The van der Waals surface area contributed by atoms with Crippen LogP contribution in [0.4, 0.5) is 5.69 Å². The van der Waals surface area contributed by atoms with Crippen LogP contribution >= 0.6 is 0 Å². The van der Waals surface area contributed by atoms with Gasteiger partial charge in [0.25, 0.3) is 0 Å². The molecule has 0 atom stereocenters. The number of nitriles is 1. The summed E-state index contributed by atoms with van der Waals surface area (Å²) in [5.41, 5.74) is 2.61. The zero-order valence-electron chi connectivity index (χ0n) is 15.1. The fourth-order valence-corrected chi connectivity index (χ4v) is 4.61. The van der Waals surface area contributed by atoms with Gasteiger partial charge < -0.3 is 4.90 Å². The van der Waals surface area contributed by atoms with Gasteiger partial charge in [0, 0.05) is 26.2 Å². The third-order valence-electron chi connectivity index (χ3n) is 4.79. The van der Waals surface area contributed by atoms with Gasteiger partial charge in [-0.3, -0.25) is 0 Å². The maximum Gasteiger partial charge on any atom is 0.243 e. The molecule has 0 unspecified atom stereocenters. The molecule has 1 aliphatic heterocycles. The van der Waals surface area contributed by atoms with Gasteiger partial charge in [-0.25, -0.2) is 8.42 Å². The van der Waals surface area contributed by atoms with E-state index in [1.165, 1.54) is 4.31 Å². The Hall–Kier alpha value is -2.36. The third kappa shape index (κ3) is 3.59. The molecule has 0 radical (unpaired) electrons. The van der Waals surface area contributed by atoms with Gasteiger partial charge in [0.05, 0.1) is 16.1 Å². The Morgan fingerprint density at radius 2 is 1.58 bits per heavy atom. The van der Waals surface area contributed by atoms with Crippen molar-refractivity contribution in [3.8, 4) is 6.07 Å². The van der Waals surface area contributed by atoms with E-state index in [0.29, 0.717) is 42.6 Å². The number of anilines is 1. The first-order chi connectivity index (χ1) is 12.4. The van der Waals surface area contributed by atoms with Crippen LogP contribution in [-0.2, 0) is 10.0 Å². The molecule has 1 fully saturated rings. The van der Waals surface area contributed by atoms with Crippen LogP contribution in [0.3, 0.4) is 0 Å². The molecule has 6 heteroatoms. The average Bonchev–Trinajstić information content (AvgIpc) is 2.68. The Kier molecular flexibility index (Phi) is 5.30. The third-order valence-corrected chi connectivity index (χ3v) is 6.70. The van der Waals surface area contributed by atoms with Crippen molar-refractivity contribution in [2.45, 2.75) is 24.7 Å². The van der Waals surface area contributed by atoms with Crippen LogP contribution in [0.1, 0.15) is 30.9 Å². The Balaban J connectivity index is 1.73. The normalized spacial score (nSPS) is 15.8. The Labute approximate surface area is 155 Å². The molecule has 136 valence electrons. The Morgan fingerprint density at radius 3 is 2.15 bits per heavy atom. The van der Waals surface area contributed by atoms with Gasteiger partial charge in [-0.2, -0.15) is 9.57 Å². The largest absolute Gasteiger partial charge is 0.368 e. The summed E-state index contributed by atoms with van der Waals surface area (Å²) in [4.78, 5) is 2.42. The van der Waals surface area contributed by atoms with Gasteiger partial charge in [0.15, 0.2) is 0 Å². The molecule has 0 bridgehead atoms. The minimum absolute atomic E-state index is 0.341. The van der Waals surface area contributed by atoms with Crippen molar-refractivity contribution in [3.63, 3.8) is 0 Å². The first kappa shape index (κ1) is 18.4. The van der Waals surface area contributed by atoms with Gasteiger partial charge in [-0.1, -0.05) is 38.1 Å². The SMILES string of the molecule is CC(C)c1ccc(S(=O)(=O)N2CCN(c3ccccc3C#N)CC2)cc1. The lowest BCUT2D eigenvalue weighted by atomic mass is 10.0. The van der Waals surface area contributed by atoms with Gasteiger partial charge in [0.1, 0.15) is 6.07 Å². The maximum atomic E-state index is 12.9. The summed E-state index contributed by atoms with van der Waals surface area (Å²) in [5, 5.41) is 9.26. The summed E-state index contributed by atoms with van der Waals surface area (Å²) in [6, 6.07) is 16.8. The summed E-state index contributed by atoms with van der Waals surface area (Å²) < 4.78 is 27.3. The van der Waals surface area contributed by atoms with E-state index in [1.807, 2.05) is 30.3 Å². The van der Waals surface area contributed by atoms with Crippen LogP contribution in [0.5, 0.6) is 0 Å². The van der Waals surface area contributed by atoms with Crippen LogP contribution < -0.4 is 4.90 Å². The van der Waals surface area contributed by atoms with E-state index in [1.54, 1.807) is 18.2 Å². The molecule has 2 aromatic carbocycles. The predicted octanol–water partition coefficient (Wildman–Crippen LogP) is 3.19. The van der Waals surface area contributed by atoms with Crippen molar-refractivity contribution >= 4 is 15.7 Å². The molecule has 0 saturated carbocycles. The summed E-state index contributed by atoms with van der Waals surface area (Å²) >= 11 is 0. The van der Waals surface area contributed by atoms with E-state index in [0.717, 1.165) is 11.3 Å². The topological polar surface area (TPSA) is 64.4 Å². The number of sulfonamides is 1.